The van der Waals surface area contributed by atoms with Gasteiger partial charge in [-0.2, -0.15) is 0 Å². The lowest BCUT2D eigenvalue weighted by Gasteiger charge is -2.29. The minimum Gasteiger partial charge on any atom is -0.311 e. The fraction of sp³-hybridized carbons (Fsp3) is 0. The molecule has 0 radical (unpaired) electrons. The van der Waals surface area contributed by atoms with Crippen LogP contribution >= 0.6 is 0 Å². The van der Waals surface area contributed by atoms with E-state index < -0.39 is 0 Å². The van der Waals surface area contributed by atoms with Gasteiger partial charge in [0, 0.05) is 34.1 Å². The molecule has 0 bridgehead atoms. The molecular weight excluding hydrogens is 821 g/mol. The molecule has 0 N–H and O–H groups in total. The highest BCUT2D eigenvalue weighted by Gasteiger charge is 2.21. The summed E-state index contributed by atoms with van der Waals surface area (Å²) in [6, 6.07) is 105. The maximum atomic E-state index is 2.40. The Bertz CT molecular complexity index is 3300. The monoisotopic (exact) mass is 868 g/mol. The van der Waals surface area contributed by atoms with Crippen LogP contribution in [0.5, 0.6) is 0 Å². The van der Waals surface area contributed by atoms with Crippen molar-refractivity contribution in [3.63, 3.8) is 0 Å². The van der Waals surface area contributed by atoms with Crippen LogP contribution in [0.1, 0.15) is 0 Å². The van der Waals surface area contributed by atoms with Crippen LogP contribution in [-0.4, -0.2) is 0 Å². The molecular formula is C66H48N2. The number of para-hydroxylation sites is 1. The van der Waals surface area contributed by atoms with Crippen molar-refractivity contribution < 1.29 is 0 Å². The molecule has 0 amide bonds. The molecule has 0 heterocycles. The van der Waals surface area contributed by atoms with Gasteiger partial charge in [-0.05, 0) is 140 Å². The number of nitrogens with zero attached hydrogens (tertiary/aromatic N) is 2. The van der Waals surface area contributed by atoms with Gasteiger partial charge < -0.3 is 9.80 Å². The van der Waals surface area contributed by atoms with E-state index in [1.165, 1.54) is 55.6 Å². The predicted molar refractivity (Wildman–Crippen MR) is 288 cm³/mol. The fourth-order valence-corrected chi connectivity index (χ4v) is 9.31. The summed E-state index contributed by atoms with van der Waals surface area (Å²) in [5, 5.41) is 0. The average molecular weight is 869 g/mol. The second-order valence-corrected chi connectivity index (χ2v) is 16.9. The first-order chi connectivity index (χ1) is 33.7. The lowest BCUT2D eigenvalue weighted by molar-refractivity contribution is 1.28. The fourth-order valence-electron chi connectivity index (χ4n) is 9.31. The lowest BCUT2D eigenvalue weighted by Crippen LogP contribution is -2.11. The molecule has 0 atom stereocenters. The molecule has 0 fully saturated rings. The first kappa shape index (κ1) is 41.7. The molecule has 2 heteroatoms. The van der Waals surface area contributed by atoms with Crippen molar-refractivity contribution in [1.29, 1.82) is 0 Å². The van der Waals surface area contributed by atoms with Crippen LogP contribution < -0.4 is 9.80 Å². The lowest BCUT2D eigenvalue weighted by atomic mass is 9.86. The van der Waals surface area contributed by atoms with Gasteiger partial charge in [-0.3, -0.25) is 0 Å². The minimum atomic E-state index is 1.07. The van der Waals surface area contributed by atoms with Gasteiger partial charge in [0.15, 0.2) is 0 Å². The normalized spacial score (nSPS) is 10.9. The Balaban J connectivity index is 0.998. The molecule has 11 aromatic carbocycles. The molecule has 0 spiro atoms. The summed E-state index contributed by atoms with van der Waals surface area (Å²) < 4.78 is 0. The molecule has 322 valence electrons. The summed E-state index contributed by atoms with van der Waals surface area (Å²) >= 11 is 0. The highest BCUT2D eigenvalue weighted by atomic mass is 15.1. The minimum absolute atomic E-state index is 1.07. The number of anilines is 6. The van der Waals surface area contributed by atoms with Gasteiger partial charge in [0.25, 0.3) is 0 Å². The first-order valence-corrected chi connectivity index (χ1v) is 23.2. The van der Waals surface area contributed by atoms with Crippen molar-refractivity contribution >= 4 is 34.1 Å². The van der Waals surface area contributed by atoms with Crippen molar-refractivity contribution in [2.45, 2.75) is 0 Å². The van der Waals surface area contributed by atoms with Crippen molar-refractivity contribution in [2.75, 3.05) is 9.80 Å². The van der Waals surface area contributed by atoms with Crippen LogP contribution in [0.25, 0.3) is 66.8 Å². The molecule has 0 unspecified atom stereocenters. The number of rotatable bonds is 12. The van der Waals surface area contributed by atoms with Crippen LogP contribution in [0.3, 0.4) is 0 Å². The number of benzene rings is 11. The van der Waals surface area contributed by atoms with Gasteiger partial charge in [0.2, 0.25) is 0 Å². The molecule has 11 aromatic rings. The highest BCUT2D eigenvalue weighted by Crippen LogP contribution is 2.47. The van der Waals surface area contributed by atoms with Gasteiger partial charge in [-0.15, -0.1) is 0 Å². The summed E-state index contributed by atoms with van der Waals surface area (Å²) in [4.78, 5) is 4.72. The third kappa shape index (κ3) is 8.75. The maximum absolute atomic E-state index is 2.40. The number of hydrogen-bond acceptors (Lipinski definition) is 2. The standard InChI is InChI=1S/C66H48N2/c1-7-19-49(20-8-1)51-31-39-59(40-32-51)67(58-29-17-6-18-30-58)60-41-35-53(36-42-60)54-37-45-62(46-38-54)68(61-43-33-52(34-44-61)50-21-9-2-10-22-50)63-47-64(55-23-11-3-12-24-55)66(57-27-15-5-16-28-57)65(48-63)56-25-13-4-14-26-56/h1-48H. The Kier molecular flexibility index (Phi) is 11.8. The van der Waals surface area contributed by atoms with E-state index in [1.54, 1.807) is 0 Å². The van der Waals surface area contributed by atoms with E-state index in [0.29, 0.717) is 0 Å². The summed E-state index contributed by atoms with van der Waals surface area (Å²) in [5.41, 5.74) is 20.7. The predicted octanol–water partition coefficient (Wildman–Crippen LogP) is 18.6. The smallest absolute Gasteiger partial charge is 0.0474 e. The van der Waals surface area contributed by atoms with Crippen LogP contribution in [0.2, 0.25) is 0 Å². The molecule has 0 aliphatic heterocycles. The molecule has 0 aliphatic rings. The van der Waals surface area contributed by atoms with Gasteiger partial charge in [-0.1, -0.05) is 218 Å². The van der Waals surface area contributed by atoms with Gasteiger partial charge in [-0.25, -0.2) is 0 Å². The van der Waals surface area contributed by atoms with E-state index >= 15 is 0 Å². The third-order valence-corrected chi connectivity index (χ3v) is 12.7. The molecule has 0 saturated carbocycles. The Morgan fingerprint density at radius 2 is 0.382 bits per heavy atom. The van der Waals surface area contributed by atoms with Crippen molar-refractivity contribution in [1.82, 2.24) is 0 Å². The van der Waals surface area contributed by atoms with Crippen LogP contribution in [-0.2, 0) is 0 Å². The summed E-state index contributed by atoms with van der Waals surface area (Å²) in [5.74, 6) is 0. The van der Waals surface area contributed by atoms with Crippen molar-refractivity contribution in [3.05, 3.63) is 291 Å². The zero-order valence-corrected chi connectivity index (χ0v) is 37.6. The zero-order chi connectivity index (χ0) is 45.5. The zero-order valence-electron chi connectivity index (χ0n) is 37.6. The SMILES string of the molecule is c1ccc(-c2ccc(N(c3ccccc3)c3ccc(-c4ccc(N(c5ccc(-c6ccccc6)cc5)c5cc(-c6ccccc6)c(-c6ccccc6)c(-c6ccccc6)c5)cc4)cc3)cc2)cc1. The van der Waals surface area contributed by atoms with Crippen molar-refractivity contribution in [3.8, 4) is 66.8 Å². The highest BCUT2D eigenvalue weighted by molar-refractivity contribution is 5.98. The van der Waals surface area contributed by atoms with E-state index in [-0.39, 0.29) is 0 Å². The van der Waals surface area contributed by atoms with Crippen molar-refractivity contribution in [2.24, 2.45) is 0 Å². The topological polar surface area (TPSA) is 6.48 Å². The van der Waals surface area contributed by atoms with E-state index in [9.17, 15) is 0 Å². The molecule has 11 rings (SSSR count). The second kappa shape index (κ2) is 19.2. The van der Waals surface area contributed by atoms with E-state index in [4.69, 9.17) is 0 Å². The second-order valence-electron chi connectivity index (χ2n) is 16.9. The molecule has 68 heavy (non-hydrogen) atoms. The van der Waals surface area contributed by atoms with Crippen LogP contribution in [0, 0.1) is 0 Å². The molecule has 0 aromatic heterocycles. The first-order valence-electron chi connectivity index (χ1n) is 23.2. The van der Waals surface area contributed by atoms with Crippen LogP contribution in [0.4, 0.5) is 34.1 Å². The van der Waals surface area contributed by atoms with Crippen LogP contribution in [0.15, 0.2) is 291 Å². The summed E-state index contributed by atoms with van der Waals surface area (Å²) in [7, 11) is 0. The van der Waals surface area contributed by atoms with Gasteiger partial charge >= 0.3 is 0 Å². The van der Waals surface area contributed by atoms with Gasteiger partial charge in [0.1, 0.15) is 0 Å². The van der Waals surface area contributed by atoms with E-state index in [1.807, 2.05) is 0 Å². The number of hydrogen-bond donors (Lipinski definition) is 0. The maximum Gasteiger partial charge on any atom is 0.0474 e. The van der Waals surface area contributed by atoms with E-state index in [0.717, 1.165) is 45.3 Å². The Labute approximate surface area is 400 Å². The summed E-state index contributed by atoms with van der Waals surface area (Å²) in [6.45, 7) is 0. The largest absolute Gasteiger partial charge is 0.311 e. The van der Waals surface area contributed by atoms with E-state index in [2.05, 4.69) is 301 Å². The third-order valence-electron chi connectivity index (χ3n) is 12.7. The Morgan fingerprint density at radius 3 is 0.691 bits per heavy atom. The summed E-state index contributed by atoms with van der Waals surface area (Å²) in [6.07, 6.45) is 0. The molecule has 2 nitrogen and oxygen atoms in total. The quantitative estimate of drug-likeness (QED) is 0.121. The molecule has 0 saturated heterocycles. The Hall–Kier alpha value is -8.98. The molecule has 0 aliphatic carbocycles. The Morgan fingerprint density at radius 1 is 0.162 bits per heavy atom. The average Bonchev–Trinajstić information content (AvgIpc) is 3.43. The van der Waals surface area contributed by atoms with Gasteiger partial charge in [0.05, 0.1) is 0 Å².